The van der Waals surface area contributed by atoms with Crippen LogP contribution in [0.2, 0.25) is 5.02 Å². The lowest BCUT2D eigenvalue weighted by atomic mass is 10.2. The van der Waals surface area contributed by atoms with Gasteiger partial charge in [-0.05, 0) is 67.1 Å². The lowest BCUT2D eigenvalue weighted by Crippen LogP contribution is -2.09. The summed E-state index contributed by atoms with van der Waals surface area (Å²) in [5, 5.41) is 5.07. The van der Waals surface area contributed by atoms with Crippen LogP contribution >= 0.6 is 11.6 Å². The van der Waals surface area contributed by atoms with Crippen LogP contribution < -0.4 is 9.47 Å². The standard InChI is InChI=1S/C25H20ClN3O3/c1-17-14-24(29(28-17)21-6-4-3-5-7-21)27-16-18-8-13-22(23(15-18)31-2)32-25(30)19-9-11-20(26)12-10-19/h3-16H,1-2H3. The SMILES string of the molecule is COc1cc(C=Nc2cc(C)nn2-c2ccccc2)ccc1OC(=O)c1ccc(Cl)cc1. The predicted molar refractivity (Wildman–Crippen MR) is 125 cm³/mol. The molecule has 1 aromatic heterocycles. The number of hydrogen-bond donors (Lipinski definition) is 0. The van der Waals surface area contributed by atoms with Crippen LogP contribution in [0, 0.1) is 6.92 Å². The van der Waals surface area contributed by atoms with Crippen molar-refractivity contribution < 1.29 is 14.3 Å². The van der Waals surface area contributed by atoms with Crippen LogP contribution in [0.1, 0.15) is 21.6 Å². The maximum Gasteiger partial charge on any atom is 0.343 e. The number of ether oxygens (including phenoxy) is 2. The van der Waals surface area contributed by atoms with Gasteiger partial charge in [0.25, 0.3) is 0 Å². The lowest BCUT2D eigenvalue weighted by molar-refractivity contribution is 0.0729. The molecule has 4 aromatic rings. The molecule has 1 heterocycles. The number of nitrogens with zero attached hydrogens (tertiary/aromatic N) is 3. The van der Waals surface area contributed by atoms with E-state index in [1.807, 2.05) is 43.3 Å². The van der Waals surface area contributed by atoms with E-state index in [9.17, 15) is 4.79 Å². The largest absolute Gasteiger partial charge is 0.493 e. The summed E-state index contributed by atoms with van der Waals surface area (Å²) >= 11 is 5.87. The van der Waals surface area contributed by atoms with Gasteiger partial charge in [0.15, 0.2) is 17.3 Å². The topological polar surface area (TPSA) is 65.7 Å². The van der Waals surface area contributed by atoms with E-state index >= 15 is 0 Å². The molecular weight excluding hydrogens is 426 g/mol. The number of aryl methyl sites for hydroxylation is 1. The Morgan fingerprint density at radius 1 is 1.00 bits per heavy atom. The maximum absolute atomic E-state index is 12.4. The van der Waals surface area contributed by atoms with Gasteiger partial charge >= 0.3 is 5.97 Å². The highest BCUT2D eigenvalue weighted by Crippen LogP contribution is 2.29. The fraction of sp³-hybridized carbons (Fsp3) is 0.0800. The first-order valence-corrected chi connectivity index (χ1v) is 10.2. The fourth-order valence-electron chi connectivity index (χ4n) is 3.07. The molecule has 0 radical (unpaired) electrons. The fourth-order valence-corrected chi connectivity index (χ4v) is 3.20. The van der Waals surface area contributed by atoms with Crippen LogP contribution in [-0.2, 0) is 0 Å². The molecule has 3 aromatic carbocycles. The van der Waals surface area contributed by atoms with Crippen LogP contribution in [0.25, 0.3) is 5.69 Å². The molecule has 32 heavy (non-hydrogen) atoms. The van der Waals surface area contributed by atoms with Gasteiger partial charge in [-0.15, -0.1) is 0 Å². The monoisotopic (exact) mass is 445 g/mol. The highest BCUT2D eigenvalue weighted by molar-refractivity contribution is 6.30. The summed E-state index contributed by atoms with van der Waals surface area (Å²) in [6.45, 7) is 1.92. The smallest absolute Gasteiger partial charge is 0.343 e. The highest BCUT2D eigenvalue weighted by Gasteiger charge is 2.13. The molecule has 0 spiro atoms. The van der Waals surface area contributed by atoms with Crippen molar-refractivity contribution in [1.29, 1.82) is 0 Å². The van der Waals surface area contributed by atoms with Gasteiger partial charge in [0, 0.05) is 17.3 Å². The minimum atomic E-state index is -0.497. The van der Waals surface area contributed by atoms with E-state index < -0.39 is 5.97 Å². The summed E-state index contributed by atoms with van der Waals surface area (Å²) in [4.78, 5) is 17.0. The van der Waals surface area contributed by atoms with Gasteiger partial charge in [-0.2, -0.15) is 5.10 Å². The summed E-state index contributed by atoms with van der Waals surface area (Å²) in [7, 11) is 1.52. The molecule has 0 amide bonds. The summed E-state index contributed by atoms with van der Waals surface area (Å²) in [5.74, 6) is 0.938. The summed E-state index contributed by atoms with van der Waals surface area (Å²) in [6.07, 6.45) is 1.71. The van der Waals surface area contributed by atoms with Crippen molar-refractivity contribution in [2.24, 2.45) is 4.99 Å². The molecule has 4 rings (SSSR count). The first-order valence-electron chi connectivity index (χ1n) is 9.85. The van der Waals surface area contributed by atoms with Gasteiger partial charge in [-0.25, -0.2) is 14.5 Å². The van der Waals surface area contributed by atoms with Crippen LogP contribution in [-0.4, -0.2) is 29.1 Å². The molecule has 0 saturated carbocycles. The van der Waals surface area contributed by atoms with E-state index in [0.29, 0.717) is 27.9 Å². The Morgan fingerprint density at radius 3 is 2.47 bits per heavy atom. The minimum absolute atomic E-state index is 0.315. The summed E-state index contributed by atoms with van der Waals surface area (Å²) in [6, 6.07) is 23.4. The predicted octanol–water partition coefficient (Wildman–Crippen LogP) is 5.81. The molecule has 6 nitrogen and oxygen atoms in total. The van der Waals surface area contributed by atoms with Crippen molar-refractivity contribution in [1.82, 2.24) is 9.78 Å². The Balaban J connectivity index is 1.55. The normalized spacial score (nSPS) is 11.0. The molecule has 0 aliphatic rings. The molecule has 0 unspecified atom stereocenters. The van der Waals surface area contributed by atoms with E-state index in [4.69, 9.17) is 21.1 Å². The number of esters is 1. The molecule has 0 fully saturated rings. The Labute approximate surface area is 190 Å². The number of halogens is 1. The third kappa shape index (κ3) is 4.87. The third-order valence-corrected chi connectivity index (χ3v) is 4.88. The molecular formula is C25H20ClN3O3. The number of hydrogen-bond acceptors (Lipinski definition) is 5. The first kappa shape index (κ1) is 21.3. The third-order valence-electron chi connectivity index (χ3n) is 4.63. The molecule has 0 atom stereocenters. The van der Waals surface area contributed by atoms with E-state index in [2.05, 4.69) is 10.1 Å². The number of para-hydroxylation sites is 1. The number of carbonyl (C=O) groups is 1. The first-order chi connectivity index (χ1) is 15.5. The Morgan fingerprint density at radius 2 is 1.75 bits per heavy atom. The molecule has 0 aliphatic carbocycles. The van der Waals surface area contributed by atoms with E-state index in [-0.39, 0.29) is 0 Å². The van der Waals surface area contributed by atoms with Crippen molar-refractivity contribution in [3.8, 4) is 17.2 Å². The highest BCUT2D eigenvalue weighted by atomic mass is 35.5. The molecule has 0 N–H and O–H groups in total. The van der Waals surface area contributed by atoms with Crippen LogP contribution in [0.4, 0.5) is 5.82 Å². The van der Waals surface area contributed by atoms with Gasteiger partial charge in [0.2, 0.25) is 0 Å². The molecule has 0 saturated heterocycles. The molecule has 0 bridgehead atoms. The van der Waals surface area contributed by atoms with Crippen molar-refractivity contribution in [2.45, 2.75) is 6.92 Å². The van der Waals surface area contributed by atoms with Crippen molar-refractivity contribution in [3.05, 3.63) is 101 Å². The second kappa shape index (κ2) is 9.49. The van der Waals surface area contributed by atoms with Crippen LogP contribution in [0.15, 0.2) is 83.9 Å². The summed E-state index contributed by atoms with van der Waals surface area (Å²) in [5.41, 5.74) is 2.97. The molecule has 0 aliphatic heterocycles. The Hall–Kier alpha value is -3.90. The van der Waals surface area contributed by atoms with Crippen LogP contribution in [0.3, 0.4) is 0 Å². The second-order valence-electron chi connectivity index (χ2n) is 6.96. The lowest BCUT2D eigenvalue weighted by Gasteiger charge is -2.10. The number of aromatic nitrogens is 2. The number of methoxy groups -OCH3 is 1. The molecule has 7 heteroatoms. The average molecular weight is 446 g/mol. The second-order valence-corrected chi connectivity index (χ2v) is 7.39. The average Bonchev–Trinajstić information content (AvgIpc) is 3.19. The van der Waals surface area contributed by atoms with Gasteiger partial charge in [-0.1, -0.05) is 29.8 Å². The minimum Gasteiger partial charge on any atom is -0.493 e. The number of aliphatic imine (C=N–C) groups is 1. The van der Waals surface area contributed by atoms with Gasteiger partial charge < -0.3 is 9.47 Å². The van der Waals surface area contributed by atoms with Crippen LogP contribution in [0.5, 0.6) is 11.5 Å². The van der Waals surface area contributed by atoms with Gasteiger partial charge in [0.05, 0.1) is 24.1 Å². The zero-order valence-electron chi connectivity index (χ0n) is 17.5. The quantitative estimate of drug-likeness (QED) is 0.213. The van der Waals surface area contributed by atoms with E-state index in [1.165, 1.54) is 7.11 Å². The zero-order chi connectivity index (χ0) is 22.5. The Bertz CT molecular complexity index is 1270. The summed E-state index contributed by atoms with van der Waals surface area (Å²) < 4.78 is 12.7. The van der Waals surface area contributed by atoms with E-state index in [1.54, 1.807) is 53.4 Å². The van der Waals surface area contributed by atoms with Crippen molar-refractivity contribution in [3.63, 3.8) is 0 Å². The van der Waals surface area contributed by atoms with E-state index in [0.717, 1.165) is 16.9 Å². The van der Waals surface area contributed by atoms with Crippen molar-refractivity contribution in [2.75, 3.05) is 7.11 Å². The van der Waals surface area contributed by atoms with Crippen molar-refractivity contribution >= 4 is 29.6 Å². The zero-order valence-corrected chi connectivity index (χ0v) is 18.3. The van der Waals surface area contributed by atoms with Gasteiger partial charge in [0.1, 0.15) is 0 Å². The number of carbonyl (C=O) groups excluding carboxylic acids is 1. The van der Waals surface area contributed by atoms with Gasteiger partial charge in [-0.3, -0.25) is 0 Å². The number of benzene rings is 3. The maximum atomic E-state index is 12.4. The Kier molecular flexibility index (Phi) is 6.33. The number of rotatable bonds is 6. The molecule has 160 valence electrons.